The van der Waals surface area contributed by atoms with E-state index in [2.05, 4.69) is 0 Å². The first-order valence-corrected chi connectivity index (χ1v) is 11.9. The molecular weight excluding hydrogens is 487 g/mol. The number of carboxylic acids is 1. The van der Waals surface area contributed by atoms with Gasteiger partial charge < -0.3 is 5.11 Å². The van der Waals surface area contributed by atoms with E-state index in [4.69, 9.17) is 0 Å². The van der Waals surface area contributed by atoms with E-state index in [0.717, 1.165) is 10.6 Å². The molecule has 0 atom stereocenters. The van der Waals surface area contributed by atoms with Crippen LogP contribution in [-0.2, 0) is 24.1 Å². The number of hydrogen-bond donors (Lipinski definition) is 1. The summed E-state index contributed by atoms with van der Waals surface area (Å²) < 4.78 is 42.9. The number of nitriles is 1. The van der Waals surface area contributed by atoms with Crippen molar-refractivity contribution in [2.75, 3.05) is 0 Å². The lowest BCUT2D eigenvalue weighted by atomic mass is 9.72. The Morgan fingerprint density at radius 2 is 1.78 bits per heavy atom. The number of alkyl halides is 3. The van der Waals surface area contributed by atoms with Gasteiger partial charge in [0.15, 0.2) is 0 Å². The van der Waals surface area contributed by atoms with E-state index in [1.54, 1.807) is 38.1 Å². The molecular formula is C27H26F3N3O4. The van der Waals surface area contributed by atoms with E-state index < -0.39 is 39.9 Å². The van der Waals surface area contributed by atoms with Crippen molar-refractivity contribution >= 4 is 16.9 Å². The lowest BCUT2D eigenvalue weighted by Crippen LogP contribution is -2.43. The van der Waals surface area contributed by atoms with Crippen LogP contribution in [-0.4, -0.2) is 20.2 Å². The summed E-state index contributed by atoms with van der Waals surface area (Å²) in [7, 11) is 0. The maximum Gasteiger partial charge on any atom is 0.417 e. The van der Waals surface area contributed by atoms with Gasteiger partial charge in [-0.15, -0.1) is 0 Å². The van der Waals surface area contributed by atoms with Gasteiger partial charge in [0.05, 0.1) is 34.0 Å². The van der Waals surface area contributed by atoms with Crippen molar-refractivity contribution in [2.45, 2.75) is 58.8 Å². The topological polar surface area (TPSA) is 105 Å². The van der Waals surface area contributed by atoms with Crippen molar-refractivity contribution in [1.29, 1.82) is 5.26 Å². The number of nitrogens with zero attached hydrogens (tertiary/aromatic N) is 3. The summed E-state index contributed by atoms with van der Waals surface area (Å²) in [6.07, 6.45) is -2.87. The van der Waals surface area contributed by atoms with Crippen molar-refractivity contribution in [3.05, 3.63) is 79.5 Å². The molecule has 1 aliphatic carbocycles. The molecule has 2 aromatic carbocycles. The average Bonchev–Trinajstić information content (AvgIpc) is 2.84. The second-order valence-corrected chi connectivity index (χ2v) is 10.0. The molecule has 0 unspecified atom stereocenters. The Morgan fingerprint density at radius 3 is 2.38 bits per heavy atom. The molecule has 7 nitrogen and oxygen atoms in total. The number of fused-ring (bicyclic) bond motifs is 1. The molecule has 1 aromatic heterocycles. The van der Waals surface area contributed by atoms with E-state index in [0.29, 0.717) is 31.2 Å². The first kappa shape index (κ1) is 26.2. The number of benzene rings is 2. The Morgan fingerprint density at radius 1 is 1.14 bits per heavy atom. The van der Waals surface area contributed by atoms with Gasteiger partial charge in [0, 0.05) is 6.54 Å². The molecule has 3 aromatic rings. The average molecular weight is 514 g/mol. The number of halogens is 3. The first-order chi connectivity index (χ1) is 17.4. The Bertz CT molecular complexity index is 1540. The fraction of sp³-hybridized carbons (Fsp3) is 0.407. The fourth-order valence-corrected chi connectivity index (χ4v) is 5.18. The van der Waals surface area contributed by atoms with Gasteiger partial charge in [-0.05, 0) is 68.7 Å². The van der Waals surface area contributed by atoms with Crippen LogP contribution in [0.25, 0.3) is 10.9 Å². The largest absolute Gasteiger partial charge is 0.481 e. The Balaban J connectivity index is 1.83. The molecule has 0 saturated heterocycles. The third-order valence-electron chi connectivity index (χ3n) is 7.52. The first-order valence-electron chi connectivity index (χ1n) is 11.9. The number of rotatable bonds is 5. The molecule has 194 valence electrons. The molecule has 1 aliphatic rings. The van der Waals surface area contributed by atoms with E-state index >= 15 is 0 Å². The minimum atomic E-state index is -4.74. The number of hydrogen-bond acceptors (Lipinski definition) is 4. The van der Waals surface area contributed by atoms with Crippen LogP contribution in [0.2, 0.25) is 0 Å². The van der Waals surface area contributed by atoms with Gasteiger partial charge in [-0.2, -0.15) is 18.4 Å². The minimum Gasteiger partial charge on any atom is -0.481 e. The number of carbonyl (C=O) groups is 1. The van der Waals surface area contributed by atoms with Crippen LogP contribution >= 0.6 is 0 Å². The Hall–Kier alpha value is -3.87. The van der Waals surface area contributed by atoms with E-state index in [9.17, 15) is 37.9 Å². The van der Waals surface area contributed by atoms with Gasteiger partial charge in [0.1, 0.15) is 6.07 Å². The van der Waals surface area contributed by atoms with E-state index in [1.807, 2.05) is 0 Å². The standard InChI is InChI=1S/C27H26F3N3O4/c1-16-5-3-8-21-22(16)23(34)33(14-17-9-11-26(2,12-10-17)24(35)36)25(37)32(21)15-18-6-4-7-20(19(18)13-31)27(28,29)30/h3-8,17H,9-12,14-15H2,1-2H3,(H,35,36). The third kappa shape index (κ3) is 4.78. The van der Waals surface area contributed by atoms with Gasteiger partial charge in [0.2, 0.25) is 0 Å². The van der Waals surface area contributed by atoms with Crippen LogP contribution < -0.4 is 11.2 Å². The lowest BCUT2D eigenvalue weighted by Gasteiger charge is -2.34. The summed E-state index contributed by atoms with van der Waals surface area (Å²) in [5, 5.41) is 19.3. The highest BCUT2D eigenvalue weighted by Crippen LogP contribution is 2.39. The summed E-state index contributed by atoms with van der Waals surface area (Å²) in [4.78, 5) is 38.7. The molecule has 0 bridgehead atoms. The van der Waals surface area contributed by atoms with Gasteiger partial charge in [0.25, 0.3) is 5.56 Å². The molecule has 0 aliphatic heterocycles. The highest BCUT2D eigenvalue weighted by molar-refractivity contribution is 5.81. The van der Waals surface area contributed by atoms with Crippen molar-refractivity contribution < 1.29 is 23.1 Å². The molecule has 10 heteroatoms. The molecule has 1 fully saturated rings. The second-order valence-electron chi connectivity index (χ2n) is 10.0. The molecule has 37 heavy (non-hydrogen) atoms. The fourth-order valence-electron chi connectivity index (χ4n) is 5.18. The lowest BCUT2D eigenvalue weighted by molar-refractivity contribution is -0.150. The monoisotopic (exact) mass is 513 g/mol. The van der Waals surface area contributed by atoms with Crippen LogP contribution in [0.3, 0.4) is 0 Å². The quantitative estimate of drug-likeness (QED) is 0.533. The van der Waals surface area contributed by atoms with E-state index in [-0.39, 0.29) is 35.5 Å². The smallest absolute Gasteiger partial charge is 0.417 e. The van der Waals surface area contributed by atoms with Crippen molar-refractivity contribution in [3.8, 4) is 6.07 Å². The van der Waals surface area contributed by atoms with Gasteiger partial charge in [-0.1, -0.05) is 24.3 Å². The van der Waals surface area contributed by atoms with Crippen molar-refractivity contribution in [3.63, 3.8) is 0 Å². The van der Waals surface area contributed by atoms with Crippen LogP contribution in [0, 0.1) is 29.6 Å². The molecule has 0 spiro atoms. The van der Waals surface area contributed by atoms with Crippen molar-refractivity contribution in [1.82, 2.24) is 9.13 Å². The van der Waals surface area contributed by atoms with Crippen LogP contribution in [0.15, 0.2) is 46.0 Å². The maximum absolute atomic E-state index is 13.6. The molecule has 1 N–H and O–H groups in total. The molecule has 1 heterocycles. The number of aliphatic carboxylic acids is 1. The maximum atomic E-state index is 13.6. The van der Waals surface area contributed by atoms with Crippen molar-refractivity contribution in [2.24, 2.45) is 11.3 Å². The predicted octanol–water partition coefficient (Wildman–Crippen LogP) is 4.69. The SMILES string of the molecule is Cc1cccc2c1c(=O)n(CC1CCC(C)(C(=O)O)CC1)c(=O)n2Cc1cccc(C(F)(F)F)c1C#N. The Kier molecular flexibility index (Phi) is 6.76. The molecule has 4 rings (SSSR count). The van der Waals surface area contributed by atoms with Crippen LogP contribution in [0.4, 0.5) is 13.2 Å². The van der Waals surface area contributed by atoms with Crippen LogP contribution in [0.1, 0.15) is 54.9 Å². The molecule has 0 amide bonds. The summed E-state index contributed by atoms with van der Waals surface area (Å²) >= 11 is 0. The Labute approximate surface area is 210 Å². The second kappa shape index (κ2) is 9.54. The van der Waals surface area contributed by atoms with Crippen LogP contribution in [0.5, 0.6) is 0 Å². The van der Waals surface area contributed by atoms with Gasteiger partial charge in [-0.25, -0.2) is 4.79 Å². The molecule has 1 saturated carbocycles. The summed E-state index contributed by atoms with van der Waals surface area (Å²) in [5.74, 6) is -0.975. The zero-order valence-corrected chi connectivity index (χ0v) is 20.4. The number of aryl methyl sites for hydroxylation is 1. The number of carboxylic acid groups (broad SMARTS) is 1. The van der Waals surface area contributed by atoms with Gasteiger partial charge >= 0.3 is 17.8 Å². The summed E-state index contributed by atoms with van der Waals surface area (Å²) in [6.45, 7) is 3.15. The zero-order chi connectivity index (χ0) is 27.1. The minimum absolute atomic E-state index is 0.0160. The summed E-state index contributed by atoms with van der Waals surface area (Å²) in [5.41, 5.74) is -2.78. The van der Waals surface area contributed by atoms with Gasteiger partial charge in [-0.3, -0.25) is 18.7 Å². The van der Waals surface area contributed by atoms with E-state index in [1.165, 1.54) is 16.7 Å². The number of aromatic nitrogens is 2. The highest BCUT2D eigenvalue weighted by atomic mass is 19.4. The highest BCUT2D eigenvalue weighted by Gasteiger charge is 2.38. The zero-order valence-electron chi connectivity index (χ0n) is 20.4. The normalized spacial score (nSPS) is 20.1. The molecule has 0 radical (unpaired) electrons. The third-order valence-corrected chi connectivity index (χ3v) is 7.52. The predicted molar refractivity (Wildman–Crippen MR) is 130 cm³/mol. The summed E-state index contributed by atoms with van der Waals surface area (Å²) in [6, 6.07) is 9.94.